The molecule has 0 aromatic heterocycles. The van der Waals surface area contributed by atoms with Crippen LogP contribution < -0.4 is 0 Å². The lowest BCUT2D eigenvalue weighted by atomic mass is 10.6. The summed E-state index contributed by atoms with van der Waals surface area (Å²) in [6.07, 6.45) is 0. The molecule has 0 radical (unpaired) electrons. The second-order valence-corrected chi connectivity index (χ2v) is 1.17. The standard InChI is InChI=1S/C6H9FO/c1-2-3-5-8-6-4-7/h4-6H2,1H3. The van der Waals surface area contributed by atoms with E-state index in [4.69, 9.17) is 0 Å². The van der Waals surface area contributed by atoms with E-state index in [2.05, 4.69) is 16.6 Å². The van der Waals surface area contributed by atoms with Gasteiger partial charge in [-0.15, -0.1) is 5.92 Å². The van der Waals surface area contributed by atoms with Crippen molar-refractivity contribution < 1.29 is 9.13 Å². The van der Waals surface area contributed by atoms with E-state index < -0.39 is 6.67 Å². The summed E-state index contributed by atoms with van der Waals surface area (Å²) in [7, 11) is 0. The van der Waals surface area contributed by atoms with E-state index in [0.717, 1.165) is 0 Å². The number of hydrogen-bond donors (Lipinski definition) is 0. The van der Waals surface area contributed by atoms with Crippen molar-refractivity contribution in [3.8, 4) is 11.8 Å². The molecule has 0 fully saturated rings. The number of hydrogen-bond acceptors (Lipinski definition) is 1. The first-order valence-corrected chi connectivity index (χ1v) is 2.45. The number of alkyl halides is 1. The molecule has 46 valence electrons. The van der Waals surface area contributed by atoms with Gasteiger partial charge in [0.15, 0.2) is 0 Å². The highest BCUT2D eigenvalue weighted by atomic mass is 19.1. The molecule has 0 heterocycles. The third-order valence-electron chi connectivity index (χ3n) is 0.572. The van der Waals surface area contributed by atoms with Crippen LogP contribution in [0.3, 0.4) is 0 Å². The Morgan fingerprint density at radius 2 is 2.38 bits per heavy atom. The molecule has 0 unspecified atom stereocenters. The zero-order valence-corrected chi connectivity index (χ0v) is 4.91. The quantitative estimate of drug-likeness (QED) is 0.394. The van der Waals surface area contributed by atoms with Gasteiger partial charge in [-0.2, -0.15) is 0 Å². The van der Waals surface area contributed by atoms with Gasteiger partial charge < -0.3 is 4.74 Å². The Hall–Kier alpha value is -0.550. The van der Waals surface area contributed by atoms with Gasteiger partial charge in [-0.3, -0.25) is 0 Å². The topological polar surface area (TPSA) is 9.23 Å². The van der Waals surface area contributed by atoms with Crippen LogP contribution in [-0.2, 0) is 4.74 Å². The van der Waals surface area contributed by atoms with Crippen molar-refractivity contribution in [2.45, 2.75) is 6.92 Å². The van der Waals surface area contributed by atoms with E-state index in [-0.39, 0.29) is 6.61 Å². The zero-order valence-electron chi connectivity index (χ0n) is 4.91. The minimum atomic E-state index is -0.425. The minimum absolute atomic E-state index is 0.161. The van der Waals surface area contributed by atoms with Crippen molar-refractivity contribution in [3.05, 3.63) is 0 Å². The van der Waals surface area contributed by atoms with Crippen LogP contribution in [0, 0.1) is 11.8 Å². The molecule has 0 aliphatic heterocycles. The Bertz CT molecular complexity index is 90.4. The maximum atomic E-state index is 11.2. The number of rotatable bonds is 3. The largest absolute Gasteiger partial charge is 0.366 e. The van der Waals surface area contributed by atoms with Crippen LogP contribution in [-0.4, -0.2) is 19.9 Å². The molecule has 0 saturated carbocycles. The van der Waals surface area contributed by atoms with Crippen molar-refractivity contribution in [1.82, 2.24) is 0 Å². The molecule has 0 N–H and O–H groups in total. The summed E-state index contributed by atoms with van der Waals surface area (Å²) in [5.74, 6) is 5.27. The molecule has 0 atom stereocenters. The van der Waals surface area contributed by atoms with Crippen LogP contribution in [0.1, 0.15) is 6.92 Å². The first-order chi connectivity index (χ1) is 3.91. The van der Waals surface area contributed by atoms with Crippen LogP contribution in [0.25, 0.3) is 0 Å². The summed E-state index contributed by atoms with van der Waals surface area (Å²) in [5.41, 5.74) is 0. The lowest BCUT2D eigenvalue weighted by Gasteiger charge is -1.89. The Labute approximate surface area is 48.8 Å². The van der Waals surface area contributed by atoms with E-state index >= 15 is 0 Å². The minimum Gasteiger partial charge on any atom is -0.366 e. The maximum Gasteiger partial charge on any atom is 0.113 e. The number of halogens is 1. The normalized spacial score (nSPS) is 7.75. The summed E-state index contributed by atoms with van der Waals surface area (Å²) >= 11 is 0. The van der Waals surface area contributed by atoms with Gasteiger partial charge in [0, 0.05) is 0 Å². The Kier molecular flexibility index (Phi) is 6.01. The molecule has 2 heteroatoms. The van der Waals surface area contributed by atoms with E-state index in [9.17, 15) is 4.39 Å². The Balaban J connectivity index is 2.79. The van der Waals surface area contributed by atoms with E-state index in [0.29, 0.717) is 6.61 Å². The molecule has 1 nitrogen and oxygen atoms in total. The predicted molar refractivity (Wildman–Crippen MR) is 30.2 cm³/mol. The van der Waals surface area contributed by atoms with Gasteiger partial charge in [0.05, 0.1) is 6.61 Å². The summed E-state index contributed by atoms with van der Waals surface area (Å²) in [4.78, 5) is 0. The molecule has 0 amide bonds. The van der Waals surface area contributed by atoms with Crippen LogP contribution in [0.2, 0.25) is 0 Å². The van der Waals surface area contributed by atoms with Gasteiger partial charge in [0.1, 0.15) is 13.3 Å². The van der Waals surface area contributed by atoms with E-state index in [1.54, 1.807) is 6.92 Å². The lowest BCUT2D eigenvalue weighted by Crippen LogP contribution is -1.94. The predicted octanol–water partition coefficient (Wildman–Crippen LogP) is 0.996. The van der Waals surface area contributed by atoms with Crippen LogP contribution >= 0.6 is 0 Å². The summed E-state index contributed by atoms with van der Waals surface area (Å²) in [6, 6.07) is 0. The molecule has 0 bridgehead atoms. The second-order valence-electron chi connectivity index (χ2n) is 1.17. The third kappa shape index (κ3) is 5.45. The highest BCUT2D eigenvalue weighted by Crippen LogP contribution is 1.72. The summed E-state index contributed by atoms with van der Waals surface area (Å²) in [5, 5.41) is 0. The first kappa shape index (κ1) is 7.45. The smallest absolute Gasteiger partial charge is 0.113 e. The van der Waals surface area contributed by atoms with Crippen LogP contribution in [0.15, 0.2) is 0 Å². The van der Waals surface area contributed by atoms with Crippen molar-refractivity contribution in [2.75, 3.05) is 19.9 Å². The summed E-state index contributed by atoms with van der Waals surface area (Å²) in [6.45, 7) is 1.80. The zero-order chi connectivity index (χ0) is 6.24. The molecule has 8 heavy (non-hydrogen) atoms. The van der Waals surface area contributed by atoms with Gasteiger partial charge >= 0.3 is 0 Å². The third-order valence-corrected chi connectivity index (χ3v) is 0.572. The molecular formula is C6H9FO. The van der Waals surface area contributed by atoms with Crippen molar-refractivity contribution >= 4 is 0 Å². The molecule has 0 spiro atoms. The first-order valence-electron chi connectivity index (χ1n) is 2.45. The van der Waals surface area contributed by atoms with E-state index in [1.807, 2.05) is 0 Å². The maximum absolute atomic E-state index is 11.2. The second kappa shape index (κ2) is 6.45. The van der Waals surface area contributed by atoms with E-state index in [1.165, 1.54) is 0 Å². The van der Waals surface area contributed by atoms with Gasteiger partial charge in [0.25, 0.3) is 0 Å². The molecule has 0 rings (SSSR count). The van der Waals surface area contributed by atoms with Crippen molar-refractivity contribution in [3.63, 3.8) is 0 Å². The monoisotopic (exact) mass is 116 g/mol. The highest BCUT2D eigenvalue weighted by molar-refractivity contribution is 4.94. The molecule has 0 aromatic rings. The Morgan fingerprint density at radius 1 is 1.62 bits per heavy atom. The van der Waals surface area contributed by atoms with Gasteiger partial charge in [-0.05, 0) is 6.92 Å². The SMILES string of the molecule is CC#CCOCCF. The Morgan fingerprint density at radius 3 is 2.88 bits per heavy atom. The van der Waals surface area contributed by atoms with Gasteiger partial charge in [-0.25, -0.2) is 4.39 Å². The molecular weight excluding hydrogens is 107 g/mol. The summed E-state index contributed by atoms with van der Waals surface area (Å²) < 4.78 is 15.9. The van der Waals surface area contributed by atoms with Gasteiger partial charge in [0.2, 0.25) is 0 Å². The lowest BCUT2D eigenvalue weighted by molar-refractivity contribution is 0.148. The molecule has 0 aliphatic rings. The average Bonchev–Trinajstić information content (AvgIpc) is 1.81. The number of ether oxygens (including phenoxy) is 1. The highest BCUT2D eigenvalue weighted by Gasteiger charge is 1.78. The fourth-order valence-electron chi connectivity index (χ4n) is 0.250. The van der Waals surface area contributed by atoms with Crippen LogP contribution in [0.4, 0.5) is 4.39 Å². The molecule has 0 aliphatic carbocycles. The molecule has 0 saturated heterocycles. The molecule has 0 aromatic carbocycles. The van der Waals surface area contributed by atoms with Crippen LogP contribution in [0.5, 0.6) is 0 Å². The fourth-order valence-corrected chi connectivity index (χ4v) is 0.250. The van der Waals surface area contributed by atoms with Gasteiger partial charge in [-0.1, -0.05) is 5.92 Å². The fraction of sp³-hybridized carbons (Fsp3) is 0.667. The average molecular weight is 116 g/mol. The van der Waals surface area contributed by atoms with Crippen molar-refractivity contribution in [2.24, 2.45) is 0 Å². The van der Waals surface area contributed by atoms with Crippen molar-refractivity contribution in [1.29, 1.82) is 0 Å².